The summed E-state index contributed by atoms with van der Waals surface area (Å²) in [5.74, 6) is 0.781. The van der Waals surface area contributed by atoms with Gasteiger partial charge in [-0.1, -0.05) is 13.8 Å². The molecular weight excluding hydrogens is 362 g/mol. The molecule has 6 heteroatoms. The molecule has 0 radical (unpaired) electrons. The summed E-state index contributed by atoms with van der Waals surface area (Å²) in [4.78, 5) is 26.6. The van der Waals surface area contributed by atoms with Crippen molar-refractivity contribution in [2.45, 2.75) is 52.4 Å². The number of anilines is 1. The van der Waals surface area contributed by atoms with E-state index in [0.29, 0.717) is 17.9 Å². The fourth-order valence-electron chi connectivity index (χ4n) is 3.46. The summed E-state index contributed by atoms with van der Waals surface area (Å²) in [7, 11) is 0. The lowest BCUT2D eigenvalue weighted by Gasteiger charge is -2.22. The molecule has 27 heavy (non-hydrogen) atoms. The van der Waals surface area contributed by atoms with Gasteiger partial charge in [0.1, 0.15) is 0 Å². The van der Waals surface area contributed by atoms with Crippen LogP contribution in [0.25, 0.3) is 0 Å². The SMILES string of the molecule is CCCN(CCC)C(=O)c1ccc(NC(=O)CCC2CCNCC2)cc1.Cl. The summed E-state index contributed by atoms with van der Waals surface area (Å²) in [6, 6.07) is 7.27. The maximum absolute atomic E-state index is 12.6. The summed E-state index contributed by atoms with van der Waals surface area (Å²) in [5.41, 5.74) is 1.44. The number of nitrogens with one attached hydrogen (secondary N) is 2. The first-order chi connectivity index (χ1) is 12.6. The number of hydrogen-bond donors (Lipinski definition) is 2. The quantitative estimate of drug-likeness (QED) is 0.662. The molecule has 0 bridgehead atoms. The normalized spacial score (nSPS) is 14.3. The van der Waals surface area contributed by atoms with Crippen LogP contribution in [-0.2, 0) is 4.79 Å². The first kappa shape index (κ1) is 23.4. The summed E-state index contributed by atoms with van der Waals surface area (Å²) >= 11 is 0. The van der Waals surface area contributed by atoms with Gasteiger partial charge in [-0.05, 0) is 75.4 Å². The average molecular weight is 396 g/mol. The van der Waals surface area contributed by atoms with Crippen LogP contribution in [-0.4, -0.2) is 42.9 Å². The average Bonchev–Trinajstić information content (AvgIpc) is 2.67. The van der Waals surface area contributed by atoms with Crippen molar-refractivity contribution < 1.29 is 9.59 Å². The third kappa shape index (κ3) is 7.89. The van der Waals surface area contributed by atoms with E-state index in [1.165, 1.54) is 0 Å². The molecule has 0 spiro atoms. The van der Waals surface area contributed by atoms with E-state index in [9.17, 15) is 9.59 Å². The van der Waals surface area contributed by atoms with E-state index in [4.69, 9.17) is 0 Å². The zero-order valence-corrected chi connectivity index (χ0v) is 17.4. The van der Waals surface area contributed by atoms with Crippen LogP contribution in [0, 0.1) is 5.92 Å². The summed E-state index contributed by atoms with van der Waals surface area (Å²) in [6.45, 7) is 7.85. The van der Waals surface area contributed by atoms with Crippen LogP contribution in [0.3, 0.4) is 0 Å². The van der Waals surface area contributed by atoms with Crippen LogP contribution >= 0.6 is 12.4 Å². The van der Waals surface area contributed by atoms with Crippen molar-refractivity contribution in [2.24, 2.45) is 5.92 Å². The fourth-order valence-corrected chi connectivity index (χ4v) is 3.46. The molecule has 152 valence electrons. The molecule has 0 atom stereocenters. The predicted octanol–water partition coefficient (Wildman–Crippen LogP) is 4.09. The van der Waals surface area contributed by atoms with E-state index in [1.54, 1.807) is 0 Å². The molecule has 2 rings (SSSR count). The largest absolute Gasteiger partial charge is 0.339 e. The van der Waals surface area contributed by atoms with Crippen molar-refractivity contribution in [1.29, 1.82) is 0 Å². The number of rotatable bonds is 9. The standard InChI is InChI=1S/C21H33N3O2.ClH/c1-3-15-24(16-4-2)21(26)18-6-8-19(9-7-18)23-20(25)10-5-17-11-13-22-14-12-17;/h6-9,17,22H,3-5,10-16H2,1-2H3,(H,23,25);1H. The van der Waals surface area contributed by atoms with E-state index in [1.807, 2.05) is 29.2 Å². The molecule has 0 aliphatic carbocycles. The molecule has 2 N–H and O–H groups in total. The second kappa shape index (κ2) is 12.7. The van der Waals surface area contributed by atoms with Crippen LogP contribution in [0.15, 0.2) is 24.3 Å². The van der Waals surface area contributed by atoms with Gasteiger partial charge < -0.3 is 15.5 Å². The molecule has 1 fully saturated rings. The molecule has 1 aliphatic rings. The molecule has 2 amide bonds. The van der Waals surface area contributed by atoms with E-state index in [0.717, 1.165) is 64.0 Å². The molecule has 5 nitrogen and oxygen atoms in total. The maximum atomic E-state index is 12.6. The Morgan fingerprint density at radius 3 is 2.22 bits per heavy atom. The Morgan fingerprint density at radius 1 is 1.07 bits per heavy atom. The van der Waals surface area contributed by atoms with E-state index in [2.05, 4.69) is 24.5 Å². The minimum Gasteiger partial charge on any atom is -0.339 e. The Bertz CT molecular complexity index is 565. The van der Waals surface area contributed by atoms with Crippen molar-refractivity contribution in [3.8, 4) is 0 Å². The first-order valence-corrected chi connectivity index (χ1v) is 10.0. The lowest BCUT2D eigenvalue weighted by Crippen LogP contribution is -2.32. The minimum absolute atomic E-state index is 0. The highest BCUT2D eigenvalue weighted by molar-refractivity contribution is 5.95. The van der Waals surface area contributed by atoms with Gasteiger partial charge in [0.25, 0.3) is 5.91 Å². The van der Waals surface area contributed by atoms with Gasteiger partial charge in [0.2, 0.25) is 5.91 Å². The minimum atomic E-state index is 0. The van der Waals surface area contributed by atoms with Gasteiger partial charge in [0, 0.05) is 30.8 Å². The van der Waals surface area contributed by atoms with Crippen molar-refractivity contribution in [3.05, 3.63) is 29.8 Å². The molecular formula is C21H34ClN3O2. The number of piperidine rings is 1. The second-order valence-corrected chi connectivity index (χ2v) is 7.15. The number of benzene rings is 1. The van der Waals surface area contributed by atoms with Gasteiger partial charge in [-0.2, -0.15) is 0 Å². The van der Waals surface area contributed by atoms with Crippen molar-refractivity contribution >= 4 is 29.9 Å². The number of nitrogens with zero attached hydrogens (tertiary/aromatic N) is 1. The summed E-state index contributed by atoms with van der Waals surface area (Å²) < 4.78 is 0. The predicted molar refractivity (Wildman–Crippen MR) is 114 cm³/mol. The van der Waals surface area contributed by atoms with Crippen molar-refractivity contribution in [2.75, 3.05) is 31.5 Å². The molecule has 0 saturated carbocycles. The van der Waals surface area contributed by atoms with Crippen LogP contribution in [0.2, 0.25) is 0 Å². The Balaban J connectivity index is 0.00000364. The van der Waals surface area contributed by atoms with Gasteiger partial charge in [0.15, 0.2) is 0 Å². The van der Waals surface area contributed by atoms with Gasteiger partial charge in [-0.3, -0.25) is 9.59 Å². The van der Waals surface area contributed by atoms with E-state index in [-0.39, 0.29) is 24.2 Å². The molecule has 1 saturated heterocycles. The first-order valence-electron chi connectivity index (χ1n) is 10.0. The Labute approximate surface area is 169 Å². The number of amides is 2. The van der Waals surface area contributed by atoms with Gasteiger partial charge in [-0.15, -0.1) is 12.4 Å². The highest BCUT2D eigenvalue weighted by atomic mass is 35.5. The molecule has 0 aromatic heterocycles. The summed E-state index contributed by atoms with van der Waals surface area (Å²) in [5, 5.41) is 6.30. The number of carbonyl (C=O) groups is 2. The van der Waals surface area contributed by atoms with Crippen molar-refractivity contribution in [1.82, 2.24) is 10.2 Å². The zero-order chi connectivity index (χ0) is 18.8. The van der Waals surface area contributed by atoms with Gasteiger partial charge >= 0.3 is 0 Å². The van der Waals surface area contributed by atoms with Crippen LogP contribution in [0.4, 0.5) is 5.69 Å². The lowest BCUT2D eigenvalue weighted by atomic mass is 9.93. The number of hydrogen-bond acceptors (Lipinski definition) is 3. The monoisotopic (exact) mass is 395 g/mol. The molecule has 1 aliphatic heterocycles. The zero-order valence-electron chi connectivity index (χ0n) is 16.6. The fraction of sp³-hybridized carbons (Fsp3) is 0.619. The molecule has 0 unspecified atom stereocenters. The highest BCUT2D eigenvalue weighted by Crippen LogP contribution is 2.18. The maximum Gasteiger partial charge on any atom is 0.253 e. The van der Waals surface area contributed by atoms with Crippen molar-refractivity contribution in [3.63, 3.8) is 0 Å². The van der Waals surface area contributed by atoms with E-state index < -0.39 is 0 Å². The lowest BCUT2D eigenvalue weighted by molar-refractivity contribution is -0.116. The summed E-state index contributed by atoms with van der Waals surface area (Å²) in [6.07, 6.45) is 5.75. The second-order valence-electron chi connectivity index (χ2n) is 7.15. The van der Waals surface area contributed by atoms with Crippen LogP contribution in [0.1, 0.15) is 62.7 Å². The molecule has 1 aromatic carbocycles. The third-order valence-corrected chi connectivity index (χ3v) is 4.93. The number of halogens is 1. The van der Waals surface area contributed by atoms with Gasteiger partial charge in [0.05, 0.1) is 0 Å². The molecule has 1 aromatic rings. The van der Waals surface area contributed by atoms with E-state index >= 15 is 0 Å². The third-order valence-electron chi connectivity index (χ3n) is 4.93. The Morgan fingerprint density at radius 2 is 1.67 bits per heavy atom. The van der Waals surface area contributed by atoms with Crippen LogP contribution < -0.4 is 10.6 Å². The topological polar surface area (TPSA) is 61.4 Å². The molecule has 1 heterocycles. The van der Waals surface area contributed by atoms with Gasteiger partial charge in [-0.25, -0.2) is 0 Å². The number of carbonyl (C=O) groups excluding carboxylic acids is 2. The highest BCUT2D eigenvalue weighted by Gasteiger charge is 2.16. The Kier molecular flexibility index (Phi) is 11.1. The van der Waals surface area contributed by atoms with Crippen LogP contribution in [0.5, 0.6) is 0 Å². The smallest absolute Gasteiger partial charge is 0.253 e. The Hall–Kier alpha value is -1.59.